The number of aliphatic hydroxyl groups is 1. The predicted octanol–water partition coefficient (Wildman–Crippen LogP) is 0.401. The molecule has 3 N–H and O–H groups in total. The van der Waals surface area contributed by atoms with Crippen molar-refractivity contribution >= 4 is 21.8 Å². The van der Waals surface area contributed by atoms with Gasteiger partial charge in [0.25, 0.3) is 5.91 Å². The molecule has 1 rings (SSSR count). The van der Waals surface area contributed by atoms with Crippen LogP contribution in [0.3, 0.4) is 0 Å². The Bertz CT molecular complexity index is 791. The quantitative estimate of drug-likeness (QED) is 0.622. The van der Waals surface area contributed by atoms with E-state index >= 15 is 0 Å². The summed E-state index contributed by atoms with van der Waals surface area (Å²) >= 11 is 0. The Morgan fingerprint density at radius 2 is 1.77 bits per heavy atom. The number of halogens is 3. The number of sulfonamides is 1. The van der Waals surface area contributed by atoms with Crippen molar-refractivity contribution in [3.63, 3.8) is 0 Å². The van der Waals surface area contributed by atoms with E-state index in [-0.39, 0.29) is 10.5 Å². The maximum atomic E-state index is 12.5. The maximum absolute atomic E-state index is 12.5. The number of hydrogen-bond acceptors (Lipinski definition) is 5. The summed E-state index contributed by atoms with van der Waals surface area (Å²) < 4.78 is 62.5. The fraction of sp³-hybridized carbons (Fsp3) is 0.429. The summed E-state index contributed by atoms with van der Waals surface area (Å²) in [6.07, 6.45) is -6.35. The van der Waals surface area contributed by atoms with Crippen molar-refractivity contribution in [1.29, 1.82) is 0 Å². The largest absolute Gasteiger partial charge is 0.417 e. The van der Waals surface area contributed by atoms with Crippen LogP contribution in [-0.2, 0) is 14.8 Å². The van der Waals surface area contributed by atoms with Crippen molar-refractivity contribution in [1.82, 2.24) is 15.2 Å². The van der Waals surface area contributed by atoms with E-state index in [0.29, 0.717) is 6.92 Å². The molecule has 0 saturated heterocycles. The van der Waals surface area contributed by atoms with E-state index in [9.17, 15) is 36.3 Å². The molecular formula is C14H18F3N3O5S. The molecular weight excluding hydrogens is 379 g/mol. The number of amides is 2. The molecule has 0 aromatic heterocycles. The van der Waals surface area contributed by atoms with E-state index in [1.165, 1.54) is 32.3 Å². The Morgan fingerprint density at radius 3 is 2.27 bits per heavy atom. The van der Waals surface area contributed by atoms with Crippen LogP contribution in [0.2, 0.25) is 0 Å². The first-order chi connectivity index (χ1) is 11.7. The van der Waals surface area contributed by atoms with Crippen LogP contribution < -0.4 is 10.9 Å². The Labute approximate surface area is 148 Å². The van der Waals surface area contributed by atoms with Crippen LogP contribution in [0.1, 0.15) is 23.7 Å². The van der Waals surface area contributed by atoms with Crippen molar-refractivity contribution < 1.29 is 36.3 Å². The van der Waals surface area contributed by atoms with Crippen molar-refractivity contribution in [2.45, 2.75) is 30.0 Å². The molecule has 1 aromatic rings. The second-order valence-corrected chi connectivity index (χ2v) is 7.92. The average Bonchev–Trinajstić information content (AvgIpc) is 2.51. The Balaban J connectivity index is 2.80. The maximum Gasteiger partial charge on any atom is 0.417 e. The average molecular weight is 397 g/mol. The van der Waals surface area contributed by atoms with Crippen LogP contribution in [-0.4, -0.2) is 55.5 Å². The second-order valence-electron chi connectivity index (χ2n) is 5.77. The predicted molar refractivity (Wildman–Crippen MR) is 84.2 cm³/mol. The monoisotopic (exact) mass is 397 g/mol. The third kappa shape index (κ3) is 5.16. The lowest BCUT2D eigenvalue weighted by atomic mass is 10.0. The van der Waals surface area contributed by atoms with Gasteiger partial charge in [0.1, 0.15) is 0 Å². The molecule has 0 fully saturated rings. The van der Waals surface area contributed by atoms with Crippen molar-refractivity contribution in [3.05, 3.63) is 29.8 Å². The van der Waals surface area contributed by atoms with Gasteiger partial charge in [-0.1, -0.05) is 6.07 Å². The van der Waals surface area contributed by atoms with E-state index < -0.39 is 40.0 Å². The summed E-state index contributed by atoms with van der Waals surface area (Å²) in [5.74, 6) is -2.22. The van der Waals surface area contributed by atoms with Crippen LogP contribution in [0.5, 0.6) is 0 Å². The normalized spacial score (nSPS) is 14.6. The van der Waals surface area contributed by atoms with Crippen LogP contribution in [0.15, 0.2) is 29.2 Å². The second kappa shape index (κ2) is 7.60. The van der Waals surface area contributed by atoms with Gasteiger partial charge in [0, 0.05) is 19.7 Å². The number of rotatable bonds is 5. The molecule has 0 aliphatic carbocycles. The smallest absolute Gasteiger partial charge is 0.380 e. The number of carbonyl (C=O) groups excluding carboxylic acids is 2. The molecule has 146 valence electrons. The molecule has 0 radical (unpaired) electrons. The van der Waals surface area contributed by atoms with Gasteiger partial charge in [-0.15, -0.1) is 0 Å². The van der Waals surface area contributed by atoms with Crippen molar-refractivity contribution in [3.8, 4) is 0 Å². The summed E-state index contributed by atoms with van der Waals surface area (Å²) in [5, 5.41) is 9.21. The van der Waals surface area contributed by atoms with Gasteiger partial charge < -0.3 is 5.11 Å². The zero-order valence-corrected chi connectivity index (χ0v) is 14.9. The molecule has 1 aromatic carbocycles. The van der Waals surface area contributed by atoms with E-state index in [0.717, 1.165) is 10.4 Å². The first kappa shape index (κ1) is 21.9. The molecule has 0 bridgehead atoms. The van der Waals surface area contributed by atoms with E-state index in [4.69, 9.17) is 0 Å². The van der Waals surface area contributed by atoms with Gasteiger partial charge in [0.05, 0.1) is 11.3 Å². The van der Waals surface area contributed by atoms with E-state index in [2.05, 4.69) is 0 Å². The molecule has 0 unspecified atom stereocenters. The number of benzene rings is 1. The Kier molecular flexibility index (Phi) is 6.39. The van der Waals surface area contributed by atoms with Gasteiger partial charge in [-0.2, -0.15) is 13.2 Å². The minimum absolute atomic E-state index is 0.143. The van der Waals surface area contributed by atoms with Crippen LogP contribution in [0, 0.1) is 0 Å². The molecule has 0 saturated carbocycles. The number of nitrogens with one attached hydrogen (secondary N) is 2. The highest BCUT2D eigenvalue weighted by molar-refractivity contribution is 7.89. The lowest BCUT2D eigenvalue weighted by molar-refractivity contribution is -0.253. The van der Waals surface area contributed by atoms with Crippen molar-refractivity contribution in [2.75, 3.05) is 14.1 Å². The molecule has 12 heteroatoms. The molecule has 0 aliphatic rings. The fourth-order valence-corrected chi connectivity index (χ4v) is 2.61. The lowest BCUT2D eigenvalue weighted by Crippen LogP contribution is -2.49. The first-order valence-corrected chi connectivity index (χ1v) is 8.53. The van der Waals surface area contributed by atoms with Gasteiger partial charge in [0.15, 0.2) is 5.60 Å². The molecule has 8 nitrogen and oxygen atoms in total. The lowest BCUT2D eigenvalue weighted by Gasteiger charge is -2.25. The Hall–Kier alpha value is -2.18. The summed E-state index contributed by atoms with van der Waals surface area (Å²) in [5.41, 5.74) is 0.182. The third-order valence-corrected chi connectivity index (χ3v) is 5.12. The Morgan fingerprint density at radius 1 is 1.19 bits per heavy atom. The minimum atomic E-state index is -5.02. The molecule has 2 amide bonds. The van der Waals surface area contributed by atoms with Gasteiger partial charge in [-0.25, -0.2) is 12.7 Å². The molecule has 0 aliphatic heterocycles. The van der Waals surface area contributed by atoms with Gasteiger partial charge in [0.2, 0.25) is 15.9 Å². The number of hydrogen-bond donors (Lipinski definition) is 3. The zero-order chi connectivity index (χ0) is 20.3. The minimum Gasteiger partial charge on any atom is -0.380 e. The third-order valence-electron chi connectivity index (χ3n) is 3.31. The first-order valence-electron chi connectivity index (χ1n) is 7.09. The van der Waals surface area contributed by atoms with Crippen molar-refractivity contribution in [2.24, 2.45) is 0 Å². The molecule has 26 heavy (non-hydrogen) atoms. The standard InChI is InChI=1S/C14H18F3N3O5S/c1-13(23,14(15,16)17)8-11(21)18-19-12(22)9-5-4-6-10(7-9)26(24,25)20(2)3/h4-7,23H,8H2,1-3H3,(H,18,21)(H,19,22)/t13-/m1/s1. The highest BCUT2D eigenvalue weighted by Crippen LogP contribution is 2.32. The van der Waals surface area contributed by atoms with E-state index in [1.54, 1.807) is 5.43 Å². The van der Waals surface area contributed by atoms with Gasteiger partial charge >= 0.3 is 6.18 Å². The summed E-state index contributed by atoms with van der Waals surface area (Å²) in [4.78, 5) is 23.2. The van der Waals surface area contributed by atoms with Crippen LogP contribution in [0.25, 0.3) is 0 Å². The topological polar surface area (TPSA) is 116 Å². The molecule has 0 spiro atoms. The number of alkyl halides is 3. The summed E-state index contributed by atoms with van der Waals surface area (Å²) in [7, 11) is -1.20. The highest BCUT2D eigenvalue weighted by Gasteiger charge is 2.51. The van der Waals surface area contributed by atoms with E-state index in [1.807, 2.05) is 5.43 Å². The highest BCUT2D eigenvalue weighted by atomic mass is 32.2. The van der Waals surface area contributed by atoms with Crippen LogP contribution >= 0.6 is 0 Å². The number of nitrogens with zero attached hydrogens (tertiary/aromatic N) is 1. The number of carbonyl (C=O) groups is 2. The van der Waals surface area contributed by atoms with Crippen LogP contribution in [0.4, 0.5) is 13.2 Å². The SMILES string of the molecule is CN(C)S(=O)(=O)c1cccc(C(=O)NNC(=O)C[C@@](C)(O)C(F)(F)F)c1. The zero-order valence-electron chi connectivity index (χ0n) is 14.1. The fourth-order valence-electron chi connectivity index (χ4n) is 1.66. The molecule has 1 atom stereocenters. The van der Waals surface area contributed by atoms with Gasteiger partial charge in [-0.05, 0) is 25.1 Å². The molecule has 0 heterocycles. The van der Waals surface area contributed by atoms with Gasteiger partial charge in [-0.3, -0.25) is 20.4 Å². The number of hydrazine groups is 1. The summed E-state index contributed by atoms with van der Waals surface area (Å²) in [6, 6.07) is 4.84. The summed E-state index contributed by atoms with van der Waals surface area (Å²) in [6.45, 7) is 0.421.